The summed E-state index contributed by atoms with van der Waals surface area (Å²) in [6.07, 6.45) is 1.94. The van der Waals surface area contributed by atoms with Crippen LogP contribution in [0.2, 0.25) is 0 Å². The smallest absolute Gasteiger partial charge is 0.211 e. The van der Waals surface area contributed by atoms with Gasteiger partial charge in [0.25, 0.3) is 0 Å². The molecule has 4 heteroatoms. The van der Waals surface area contributed by atoms with E-state index in [1.807, 2.05) is 0 Å². The third-order valence-electron chi connectivity index (χ3n) is 2.56. The van der Waals surface area contributed by atoms with Gasteiger partial charge in [0.1, 0.15) is 0 Å². The molecule has 0 saturated heterocycles. The number of nitrogens with two attached hydrogens (primary N) is 2. The van der Waals surface area contributed by atoms with Crippen LogP contribution in [0.15, 0.2) is 28.4 Å². The Bertz CT molecular complexity index is 442. The van der Waals surface area contributed by atoms with Crippen molar-refractivity contribution in [3.8, 4) is 0 Å². The van der Waals surface area contributed by atoms with Crippen molar-refractivity contribution in [3.63, 3.8) is 0 Å². The van der Waals surface area contributed by atoms with E-state index in [1.165, 1.54) is 16.7 Å². The SMILES string of the molecule is Cc1cccc2c1C(=NN=C(N)N)CC2. The van der Waals surface area contributed by atoms with Crippen molar-refractivity contribution in [1.29, 1.82) is 0 Å². The summed E-state index contributed by atoms with van der Waals surface area (Å²) in [5.74, 6) is 0.00420. The first-order valence-corrected chi connectivity index (χ1v) is 4.93. The van der Waals surface area contributed by atoms with Crippen LogP contribution in [-0.4, -0.2) is 11.7 Å². The highest BCUT2D eigenvalue weighted by atomic mass is 15.3. The summed E-state index contributed by atoms with van der Waals surface area (Å²) in [4.78, 5) is 0. The van der Waals surface area contributed by atoms with Crippen LogP contribution in [0.3, 0.4) is 0 Å². The van der Waals surface area contributed by atoms with Crippen LogP contribution < -0.4 is 11.5 Å². The molecule has 0 aliphatic heterocycles. The lowest BCUT2D eigenvalue weighted by atomic mass is 10.0. The van der Waals surface area contributed by atoms with Gasteiger partial charge in [-0.3, -0.25) is 0 Å². The first kappa shape index (κ1) is 9.71. The number of benzene rings is 1. The molecule has 0 radical (unpaired) electrons. The highest BCUT2D eigenvalue weighted by Crippen LogP contribution is 2.25. The Labute approximate surface area is 88.7 Å². The fraction of sp³-hybridized carbons (Fsp3) is 0.273. The number of aryl methyl sites for hydroxylation is 2. The summed E-state index contributed by atoms with van der Waals surface area (Å²) in [7, 11) is 0. The lowest BCUT2D eigenvalue weighted by Gasteiger charge is -2.02. The Morgan fingerprint density at radius 2 is 2.07 bits per heavy atom. The maximum absolute atomic E-state index is 5.25. The third kappa shape index (κ3) is 1.83. The largest absolute Gasteiger partial charge is 0.369 e. The molecule has 15 heavy (non-hydrogen) atoms. The highest BCUT2D eigenvalue weighted by molar-refractivity contribution is 6.05. The normalized spacial score (nSPS) is 16.5. The van der Waals surface area contributed by atoms with Gasteiger partial charge in [-0.1, -0.05) is 18.2 Å². The van der Waals surface area contributed by atoms with Crippen LogP contribution in [0.5, 0.6) is 0 Å². The van der Waals surface area contributed by atoms with Crippen molar-refractivity contribution in [1.82, 2.24) is 0 Å². The Kier molecular flexibility index (Phi) is 2.41. The standard InChI is InChI=1S/C11H14N4/c1-7-3-2-4-8-5-6-9(10(7)8)14-15-11(12)13/h2-4H,5-6H2,1H3,(H4,12,13,15). The lowest BCUT2D eigenvalue weighted by molar-refractivity contribution is 1.08. The minimum absolute atomic E-state index is 0.00420. The average molecular weight is 202 g/mol. The summed E-state index contributed by atoms with van der Waals surface area (Å²) in [6.45, 7) is 2.08. The molecule has 0 amide bonds. The number of rotatable bonds is 1. The minimum Gasteiger partial charge on any atom is -0.369 e. The topological polar surface area (TPSA) is 76.8 Å². The molecule has 0 heterocycles. The van der Waals surface area contributed by atoms with Crippen LogP contribution in [0.25, 0.3) is 0 Å². The summed E-state index contributed by atoms with van der Waals surface area (Å²) in [5.41, 5.74) is 15.3. The zero-order valence-corrected chi connectivity index (χ0v) is 8.70. The van der Waals surface area contributed by atoms with E-state index in [1.54, 1.807) is 0 Å². The number of nitrogens with zero attached hydrogens (tertiary/aromatic N) is 2. The van der Waals surface area contributed by atoms with E-state index in [0.717, 1.165) is 18.6 Å². The highest BCUT2D eigenvalue weighted by Gasteiger charge is 2.19. The zero-order chi connectivity index (χ0) is 10.8. The first-order valence-electron chi connectivity index (χ1n) is 4.93. The molecule has 4 nitrogen and oxygen atoms in total. The molecular formula is C11H14N4. The van der Waals surface area contributed by atoms with Gasteiger partial charge in [0.2, 0.25) is 5.96 Å². The van der Waals surface area contributed by atoms with Gasteiger partial charge >= 0.3 is 0 Å². The van der Waals surface area contributed by atoms with E-state index in [2.05, 4.69) is 35.3 Å². The Balaban J connectivity index is 2.44. The van der Waals surface area contributed by atoms with E-state index < -0.39 is 0 Å². The fourth-order valence-electron chi connectivity index (χ4n) is 1.95. The van der Waals surface area contributed by atoms with Gasteiger partial charge in [0.05, 0.1) is 5.71 Å². The van der Waals surface area contributed by atoms with E-state index >= 15 is 0 Å². The van der Waals surface area contributed by atoms with Gasteiger partial charge in [-0.15, -0.1) is 5.10 Å². The van der Waals surface area contributed by atoms with Crippen LogP contribution in [0.1, 0.15) is 23.1 Å². The molecule has 0 atom stereocenters. The van der Waals surface area contributed by atoms with Crippen molar-refractivity contribution < 1.29 is 0 Å². The van der Waals surface area contributed by atoms with Crippen molar-refractivity contribution in [2.24, 2.45) is 21.7 Å². The van der Waals surface area contributed by atoms with Gasteiger partial charge in [-0.25, -0.2) is 0 Å². The van der Waals surface area contributed by atoms with Crippen molar-refractivity contribution in [3.05, 3.63) is 34.9 Å². The monoisotopic (exact) mass is 202 g/mol. The van der Waals surface area contributed by atoms with Crippen LogP contribution in [-0.2, 0) is 6.42 Å². The Morgan fingerprint density at radius 3 is 2.80 bits per heavy atom. The van der Waals surface area contributed by atoms with Gasteiger partial charge < -0.3 is 11.5 Å². The number of hydrogen-bond acceptors (Lipinski definition) is 2. The van der Waals surface area contributed by atoms with E-state index in [9.17, 15) is 0 Å². The molecule has 4 N–H and O–H groups in total. The number of guanidine groups is 1. The quantitative estimate of drug-likeness (QED) is 0.403. The van der Waals surface area contributed by atoms with Crippen LogP contribution >= 0.6 is 0 Å². The molecule has 1 aliphatic carbocycles. The van der Waals surface area contributed by atoms with Gasteiger partial charge in [0.15, 0.2) is 0 Å². The van der Waals surface area contributed by atoms with Crippen molar-refractivity contribution in [2.75, 3.05) is 0 Å². The summed E-state index contributed by atoms with van der Waals surface area (Å²) < 4.78 is 0. The van der Waals surface area contributed by atoms with E-state index in [0.29, 0.717) is 0 Å². The number of hydrogen-bond donors (Lipinski definition) is 2. The molecule has 0 aromatic heterocycles. The second-order valence-corrected chi connectivity index (χ2v) is 3.68. The maximum Gasteiger partial charge on any atom is 0.211 e. The molecule has 0 bridgehead atoms. The molecule has 0 unspecified atom stereocenters. The molecule has 1 aromatic carbocycles. The molecule has 0 saturated carbocycles. The number of fused-ring (bicyclic) bond motifs is 1. The molecule has 1 aliphatic rings. The van der Waals surface area contributed by atoms with Crippen LogP contribution in [0.4, 0.5) is 0 Å². The average Bonchev–Trinajstić information content (AvgIpc) is 2.59. The molecule has 1 aromatic rings. The Morgan fingerprint density at radius 1 is 1.27 bits per heavy atom. The fourth-order valence-corrected chi connectivity index (χ4v) is 1.95. The lowest BCUT2D eigenvalue weighted by Crippen LogP contribution is -2.22. The summed E-state index contributed by atoms with van der Waals surface area (Å²) in [5, 5.41) is 7.79. The molecule has 78 valence electrons. The molecule has 0 spiro atoms. The first-order chi connectivity index (χ1) is 7.18. The molecule has 2 rings (SSSR count). The molecular weight excluding hydrogens is 188 g/mol. The van der Waals surface area contributed by atoms with Gasteiger partial charge in [-0.2, -0.15) is 5.10 Å². The van der Waals surface area contributed by atoms with Crippen molar-refractivity contribution in [2.45, 2.75) is 19.8 Å². The summed E-state index contributed by atoms with van der Waals surface area (Å²) in [6, 6.07) is 6.27. The van der Waals surface area contributed by atoms with Gasteiger partial charge in [-0.05, 0) is 30.9 Å². The van der Waals surface area contributed by atoms with Gasteiger partial charge in [0, 0.05) is 5.56 Å². The predicted octanol–water partition coefficient (Wildman–Crippen LogP) is 0.919. The second kappa shape index (κ2) is 3.73. The molecule has 0 fully saturated rings. The van der Waals surface area contributed by atoms with E-state index in [4.69, 9.17) is 11.5 Å². The second-order valence-electron chi connectivity index (χ2n) is 3.68. The minimum atomic E-state index is 0.00420. The van der Waals surface area contributed by atoms with Crippen molar-refractivity contribution >= 4 is 11.7 Å². The maximum atomic E-state index is 5.25. The zero-order valence-electron chi connectivity index (χ0n) is 8.70. The third-order valence-corrected chi connectivity index (χ3v) is 2.56. The predicted molar refractivity (Wildman–Crippen MR) is 61.8 cm³/mol. The Hall–Kier alpha value is -1.84. The summed E-state index contributed by atoms with van der Waals surface area (Å²) >= 11 is 0. The van der Waals surface area contributed by atoms with Crippen LogP contribution in [0, 0.1) is 6.92 Å². The van der Waals surface area contributed by atoms with E-state index in [-0.39, 0.29) is 5.96 Å².